The standard InChI is InChI=1S/C15H23NO3/c1-10-8-13(18-5)11(2)7-12(10)16-9-15(3,4)14(17)19-6/h7-8,16H,9H2,1-6H3. The molecule has 0 bridgehead atoms. The molecule has 0 aromatic heterocycles. The number of carbonyl (C=O) groups excluding carboxylic acids is 1. The minimum absolute atomic E-state index is 0.220. The molecule has 0 atom stereocenters. The Hall–Kier alpha value is -1.71. The summed E-state index contributed by atoms with van der Waals surface area (Å²) in [4.78, 5) is 11.6. The van der Waals surface area contributed by atoms with Crippen LogP contribution in [0.3, 0.4) is 0 Å². The summed E-state index contributed by atoms with van der Waals surface area (Å²) in [5, 5.41) is 3.30. The van der Waals surface area contributed by atoms with E-state index in [9.17, 15) is 4.79 Å². The van der Waals surface area contributed by atoms with Gasteiger partial charge >= 0.3 is 5.97 Å². The molecule has 1 rings (SSSR count). The van der Waals surface area contributed by atoms with E-state index in [0.29, 0.717) is 6.54 Å². The van der Waals surface area contributed by atoms with Gasteiger partial charge in [-0.15, -0.1) is 0 Å². The van der Waals surface area contributed by atoms with E-state index in [-0.39, 0.29) is 5.97 Å². The molecule has 1 aromatic carbocycles. The molecule has 0 spiro atoms. The zero-order valence-electron chi connectivity index (χ0n) is 12.6. The van der Waals surface area contributed by atoms with Crippen molar-refractivity contribution in [3.8, 4) is 5.75 Å². The molecule has 0 radical (unpaired) electrons. The molecular weight excluding hydrogens is 242 g/mol. The molecule has 0 fully saturated rings. The van der Waals surface area contributed by atoms with Gasteiger partial charge in [-0.3, -0.25) is 4.79 Å². The van der Waals surface area contributed by atoms with E-state index < -0.39 is 5.41 Å². The summed E-state index contributed by atoms with van der Waals surface area (Å²) >= 11 is 0. The molecule has 0 aliphatic rings. The highest BCUT2D eigenvalue weighted by molar-refractivity contribution is 5.76. The van der Waals surface area contributed by atoms with Gasteiger partial charge in [0.1, 0.15) is 5.75 Å². The van der Waals surface area contributed by atoms with Crippen molar-refractivity contribution in [3.63, 3.8) is 0 Å². The maximum atomic E-state index is 11.6. The summed E-state index contributed by atoms with van der Waals surface area (Å²) < 4.78 is 10.1. The molecule has 106 valence electrons. The Morgan fingerprint density at radius 2 is 1.84 bits per heavy atom. The van der Waals surface area contributed by atoms with Crippen molar-refractivity contribution < 1.29 is 14.3 Å². The van der Waals surface area contributed by atoms with Crippen molar-refractivity contribution in [1.82, 2.24) is 0 Å². The summed E-state index contributed by atoms with van der Waals surface area (Å²) in [5.41, 5.74) is 2.60. The summed E-state index contributed by atoms with van der Waals surface area (Å²) in [6.45, 7) is 8.24. The number of hydrogen-bond donors (Lipinski definition) is 1. The van der Waals surface area contributed by atoms with Crippen LogP contribution >= 0.6 is 0 Å². The Bertz CT molecular complexity index is 467. The van der Waals surface area contributed by atoms with Gasteiger partial charge in [-0.25, -0.2) is 0 Å². The SMILES string of the molecule is COC(=O)C(C)(C)CNc1cc(C)c(OC)cc1C. The Labute approximate surface area is 115 Å². The Morgan fingerprint density at radius 1 is 1.21 bits per heavy atom. The highest BCUT2D eigenvalue weighted by Crippen LogP contribution is 2.27. The van der Waals surface area contributed by atoms with Gasteiger partial charge in [-0.1, -0.05) is 0 Å². The summed E-state index contributed by atoms with van der Waals surface area (Å²) in [5.74, 6) is 0.651. The molecule has 0 aliphatic heterocycles. The number of ether oxygens (including phenoxy) is 2. The maximum Gasteiger partial charge on any atom is 0.313 e. The van der Waals surface area contributed by atoms with E-state index in [2.05, 4.69) is 5.32 Å². The van der Waals surface area contributed by atoms with Crippen LogP contribution in [0.15, 0.2) is 12.1 Å². The first-order valence-corrected chi connectivity index (χ1v) is 6.29. The van der Waals surface area contributed by atoms with Crippen molar-refractivity contribution in [3.05, 3.63) is 23.3 Å². The fourth-order valence-electron chi connectivity index (χ4n) is 1.86. The summed E-state index contributed by atoms with van der Waals surface area (Å²) in [6, 6.07) is 4.02. The zero-order chi connectivity index (χ0) is 14.6. The Morgan fingerprint density at radius 3 is 2.37 bits per heavy atom. The lowest BCUT2D eigenvalue weighted by Crippen LogP contribution is -2.33. The average molecular weight is 265 g/mol. The van der Waals surface area contributed by atoms with Crippen LogP contribution in [0.5, 0.6) is 5.75 Å². The molecule has 0 saturated carbocycles. The predicted octanol–water partition coefficient (Wildman–Crippen LogP) is 2.92. The second-order valence-electron chi connectivity index (χ2n) is 5.37. The van der Waals surface area contributed by atoms with Crippen LogP contribution in [0, 0.1) is 19.3 Å². The van der Waals surface area contributed by atoms with Gasteiger partial charge in [0, 0.05) is 12.2 Å². The van der Waals surface area contributed by atoms with Gasteiger partial charge in [-0.2, -0.15) is 0 Å². The lowest BCUT2D eigenvalue weighted by molar-refractivity contribution is -0.149. The van der Waals surface area contributed by atoms with Crippen LogP contribution in [-0.2, 0) is 9.53 Å². The second-order valence-corrected chi connectivity index (χ2v) is 5.37. The molecule has 0 amide bonds. The van der Waals surface area contributed by atoms with Crippen molar-refractivity contribution in [1.29, 1.82) is 0 Å². The van der Waals surface area contributed by atoms with Crippen LogP contribution in [0.2, 0.25) is 0 Å². The summed E-state index contributed by atoms with van der Waals surface area (Å²) in [6.07, 6.45) is 0. The molecule has 4 heteroatoms. The van der Waals surface area contributed by atoms with Gasteiger partial charge in [0.15, 0.2) is 0 Å². The van der Waals surface area contributed by atoms with Crippen LogP contribution in [0.4, 0.5) is 5.69 Å². The first kappa shape index (κ1) is 15.3. The third kappa shape index (κ3) is 3.63. The van der Waals surface area contributed by atoms with Gasteiger partial charge in [-0.05, 0) is 51.0 Å². The third-order valence-electron chi connectivity index (χ3n) is 3.20. The molecule has 19 heavy (non-hydrogen) atoms. The molecule has 0 aliphatic carbocycles. The molecule has 4 nitrogen and oxygen atoms in total. The number of benzene rings is 1. The van der Waals surface area contributed by atoms with Crippen LogP contribution < -0.4 is 10.1 Å². The van der Waals surface area contributed by atoms with E-state index in [0.717, 1.165) is 22.6 Å². The minimum Gasteiger partial charge on any atom is -0.496 e. The quantitative estimate of drug-likeness (QED) is 0.832. The average Bonchev–Trinajstić information content (AvgIpc) is 2.38. The van der Waals surface area contributed by atoms with E-state index in [1.54, 1.807) is 7.11 Å². The normalized spacial score (nSPS) is 11.1. The van der Waals surface area contributed by atoms with Crippen molar-refractivity contribution >= 4 is 11.7 Å². The molecule has 1 aromatic rings. The van der Waals surface area contributed by atoms with Crippen molar-refractivity contribution in [2.45, 2.75) is 27.7 Å². The Kier molecular flexibility index (Phi) is 4.81. The van der Waals surface area contributed by atoms with Crippen LogP contribution in [-0.4, -0.2) is 26.7 Å². The fraction of sp³-hybridized carbons (Fsp3) is 0.533. The van der Waals surface area contributed by atoms with E-state index >= 15 is 0 Å². The lowest BCUT2D eigenvalue weighted by atomic mass is 9.93. The third-order valence-corrected chi connectivity index (χ3v) is 3.20. The highest BCUT2D eigenvalue weighted by atomic mass is 16.5. The maximum absolute atomic E-state index is 11.6. The van der Waals surface area contributed by atoms with Gasteiger partial charge in [0.25, 0.3) is 0 Å². The minimum atomic E-state index is -0.560. The van der Waals surface area contributed by atoms with Crippen LogP contribution in [0.1, 0.15) is 25.0 Å². The van der Waals surface area contributed by atoms with Gasteiger partial charge in [0.2, 0.25) is 0 Å². The Balaban J connectivity index is 2.84. The smallest absolute Gasteiger partial charge is 0.313 e. The largest absolute Gasteiger partial charge is 0.496 e. The molecular formula is C15H23NO3. The predicted molar refractivity (Wildman–Crippen MR) is 76.8 cm³/mol. The zero-order valence-corrected chi connectivity index (χ0v) is 12.6. The van der Waals surface area contributed by atoms with Crippen LogP contribution in [0.25, 0.3) is 0 Å². The van der Waals surface area contributed by atoms with Crippen molar-refractivity contribution in [2.24, 2.45) is 5.41 Å². The number of methoxy groups -OCH3 is 2. The lowest BCUT2D eigenvalue weighted by Gasteiger charge is -2.23. The number of rotatable bonds is 5. The fourth-order valence-corrected chi connectivity index (χ4v) is 1.86. The second kappa shape index (κ2) is 5.95. The van der Waals surface area contributed by atoms with E-state index in [1.165, 1.54) is 7.11 Å². The number of hydrogen-bond acceptors (Lipinski definition) is 4. The number of carbonyl (C=O) groups is 1. The van der Waals surface area contributed by atoms with Gasteiger partial charge < -0.3 is 14.8 Å². The van der Waals surface area contributed by atoms with Gasteiger partial charge in [0.05, 0.1) is 19.6 Å². The summed E-state index contributed by atoms with van der Waals surface area (Å²) in [7, 11) is 3.07. The van der Waals surface area contributed by atoms with E-state index in [1.807, 2.05) is 39.8 Å². The first-order chi connectivity index (χ1) is 8.81. The highest BCUT2D eigenvalue weighted by Gasteiger charge is 2.28. The molecule has 0 unspecified atom stereocenters. The monoisotopic (exact) mass is 265 g/mol. The molecule has 0 saturated heterocycles. The first-order valence-electron chi connectivity index (χ1n) is 6.29. The number of aryl methyl sites for hydroxylation is 2. The number of esters is 1. The molecule has 1 N–H and O–H groups in total. The number of nitrogens with one attached hydrogen (secondary N) is 1. The van der Waals surface area contributed by atoms with E-state index in [4.69, 9.17) is 9.47 Å². The molecule has 0 heterocycles. The van der Waals surface area contributed by atoms with Crippen molar-refractivity contribution in [2.75, 3.05) is 26.1 Å². The topological polar surface area (TPSA) is 47.6 Å². The number of anilines is 1.